The minimum Gasteiger partial charge on any atom is -0.361 e. The second kappa shape index (κ2) is 7.06. The maximum Gasteiger partial charge on any atom is 0.261 e. The zero-order valence-electron chi connectivity index (χ0n) is 14.1. The molecule has 1 aliphatic heterocycles. The largest absolute Gasteiger partial charge is 0.361 e. The standard InChI is InChI=1S/C19H20BrN3O2S/c20-14-3-6-17(7-4-14)26(24,25)23-16-5-8-19-18(11-16)13(12-22-19)10-15-2-1-9-21-15/h3-8,11-12,15,21-23H,1-2,9-10H2/t15-/m1/s1. The lowest BCUT2D eigenvalue weighted by Crippen LogP contribution is -2.23. The Bertz CT molecular complexity index is 1020. The zero-order valence-corrected chi connectivity index (χ0v) is 16.5. The van der Waals surface area contributed by atoms with Crippen molar-refractivity contribution < 1.29 is 8.42 Å². The quantitative estimate of drug-likeness (QED) is 0.568. The van der Waals surface area contributed by atoms with Gasteiger partial charge in [0.25, 0.3) is 10.0 Å². The van der Waals surface area contributed by atoms with Crippen molar-refractivity contribution in [2.45, 2.75) is 30.2 Å². The van der Waals surface area contributed by atoms with Crippen LogP contribution in [-0.4, -0.2) is 26.0 Å². The molecule has 1 fully saturated rings. The van der Waals surface area contributed by atoms with Crippen molar-refractivity contribution >= 4 is 42.5 Å². The van der Waals surface area contributed by atoms with Gasteiger partial charge in [0.1, 0.15) is 0 Å². The van der Waals surface area contributed by atoms with Gasteiger partial charge < -0.3 is 10.3 Å². The Morgan fingerprint density at radius 2 is 1.96 bits per heavy atom. The molecule has 136 valence electrons. The number of rotatable bonds is 5. The van der Waals surface area contributed by atoms with Gasteiger partial charge in [-0.3, -0.25) is 4.72 Å². The number of H-pyrrole nitrogens is 1. The Hall–Kier alpha value is -1.83. The molecule has 2 heterocycles. The fourth-order valence-electron chi connectivity index (χ4n) is 3.44. The Morgan fingerprint density at radius 1 is 1.15 bits per heavy atom. The molecule has 5 nitrogen and oxygen atoms in total. The molecular formula is C19H20BrN3O2S. The molecule has 0 radical (unpaired) electrons. The van der Waals surface area contributed by atoms with E-state index in [-0.39, 0.29) is 4.90 Å². The van der Waals surface area contributed by atoms with Gasteiger partial charge in [0.15, 0.2) is 0 Å². The maximum absolute atomic E-state index is 12.6. The number of anilines is 1. The summed E-state index contributed by atoms with van der Waals surface area (Å²) in [6.45, 7) is 1.07. The molecule has 3 N–H and O–H groups in total. The smallest absolute Gasteiger partial charge is 0.261 e. The highest BCUT2D eigenvalue weighted by atomic mass is 79.9. The minimum absolute atomic E-state index is 0.241. The molecule has 4 rings (SSSR count). The SMILES string of the molecule is O=S(=O)(Nc1ccc2[nH]cc(C[C@H]3CCCN3)c2c1)c1ccc(Br)cc1. The summed E-state index contributed by atoms with van der Waals surface area (Å²) in [6, 6.07) is 12.7. The third-order valence-corrected chi connectivity index (χ3v) is 6.70. The van der Waals surface area contributed by atoms with Gasteiger partial charge in [-0.1, -0.05) is 15.9 Å². The molecule has 3 aromatic rings. The summed E-state index contributed by atoms with van der Waals surface area (Å²) in [4.78, 5) is 3.52. The molecular weight excluding hydrogens is 414 g/mol. The van der Waals surface area contributed by atoms with Crippen molar-refractivity contribution in [2.24, 2.45) is 0 Å². The van der Waals surface area contributed by atoms with Crippen LogP contribution in [0.5, 0.6) is 0 Å². The lowest BCUT2D eigenvalue weighted by atomic mass is 10.0. The monoisotopic (exact) mass is 433 g/mol. The molecule has 0 aliphatic carbocycles. The molecule has 0 spiro atoms. The molecule has 0 unspecified atom stereocenters. The molecule has 7 heteroatoms. The van der Waals surface area contributed by atoms with Gasteiger partial charge in [0.05, 0.1) is 4.90 Å². The Labute approximate surface area is 161 Å². The second-order valence-corrected chi connectivity index (χ2v) is 9.23. The van der Waals surface area contributed by atoms with E-state index in [0.29, 0.717) is 11.7 Å². The first-order valence-electron chi connectivity index (χ1n) is 8.63. The van der Waals surface area contributed by atoms with Crippen molar-refractivity contribution in [3.8, 4) is 0 Å². The van der Waals surface area contributed by atoms with Crippen LogP contribution in [0, 0.1) is 0 Å². The van der Waals surface area contributed by atoms with Gasteiger partial charge in [-0.2, -0.15) is 0 Å². The lowest BCUT2D eigenvalue weighted by Gasteiger charge is -2.11. The molecule has 0 saturated carbocycles. The van der Waals surface area contributed by atoms with E-state index in [1.54, 1.807) is 30.3 Å². The number of aromatic amines is 1. The van der Waals surface area contributed by atoms with Gasteiger partial charge in [-0.25, -0.2) is 8.42 Å². The third kappa shape index (κ3) is 3.65. The number of nitrogens with one attached hydrogen (secondary N) is 3. The molecule has 1 aromatic heterocycles. The van der Waals surface area contributed by atoms with E-state index in [9.17, 15) is 8.42 Å². The summed E-state index contributed by atoms with van der Waals surface area (Å²) in [5.74, 6) is 0. The highest BCUT2D eigenvalue weighted by Crippen LogP contribution is 2.26. The number of hydrogen-bond acceptors (Lipinski definition) is 3. The fraction of sp³-hybridized carbons (Fsp3) is 0.263. The second-order valence-electron chi connectivity index (χ2n) is 6.63. The number of benzene rings is 2. The van der Waals surface area contributed by atoms with Crippen LogP contribution in [0.25, 0.3) is 10.9 Å². The number of fused-ring (bicyclic) bond motifs is 1. The lowest BCUT2D eigenvalue weighted by molar-refractivity contribution is 0.601. The van der Waals surface area contributed by atoms with Gasteiger partial charge >= 0.3 is 0 Å². The predicted octanol–water partition coefficient (Wildman–Crippen LogP) is 4.03. The summed E-state index contributed by atoms with van der Waals surface area (Å²) in [5.41, 5.74) is 2.80. The molecule has 1 aliphatic rings. The van der Waals surface area contributed by atoms with E-state index < -0.39 is 10.0 Å². The highest BCUT2D eigenvalue weighted by molar-refractivity contribution is 9.10. The van der Waals surface area contributed by atoms with E-state index >= 15 is 0 Å². The highest BCUT2D eigenvalue weighted by Gasteiger charge is 2.18. The van der Waals surface area contributed by atoms with Gasteiger partial charge in [-0.15, -0.1) is 0 Å². The fourth-order valence-corrected chi connectivity index (χ4v) is 4.75. The Morgan fingerprint density at radius 3 is 2.69 bits per heavy atom. The first-order chi connectivity index (χ1) is 12.5. The van der Waals surface area contributed by atoms with E-state index in [1.807, 2.05) is 18.3 Å². The summed E-state index contributed by atoms with van der Waals surface area (Å²) in [5, 5.41) is 4.57. The van der Waals surface area contributed by atoms with Crippen molar-refractivity contribution in [3.05, 3.63) is 58.7 Å². The van der Waals surface area contributed by atoms with E-state index in [1.165, 1.54) is 18.4 Å². The van der Waals surface area contributed by atoms with Crippen LogP contribution in [0.2, 0.25) is 0 Å². The number of aromatic nitrogens is 1. The maximum atomic E-state index is 12.6. The summed E-state index contributed by atoms with van der Waals surface area (Å²) < 4.78 is 28.7. The van der Waals surface area contributed by atoms with Crippen molar-refractivity contribution in [2.75, 3.05) is 11.3 Å². The van der Waals surface area contributed by atoms with E-state index in [2.05, 4.69) is 31.0 Å². The van der Waals surface area contributed by atoms with E-state index in [0.717, 1.165) is 28.3 Å². The Kier molecular flexibility index (Phi) is 4.77. The normalized spacial score (nSPS) is 17.7. The van der Waals surface area contributed by atoms with Gasteiger partial charge in [-0.05, 0) is 73.8 Å². The molecule has 1 saturated heterocycles. The zero-order chi connectivity index (χ0) is 18.1. The third-order valence-electron chi connectivity index (χ3n) is 4.77. The predicted molar refractivity (Wildman–Crippen MR) is 108 cm³/mol. The number of halogens is 1. The number of hydrogen-bond donors (Lipinski definition) is 3. The van der Waals surface area contributed by atoms with Crippen LogP contribution < -0.4 is 10.0 Å². The summed E-state index contributed by atoms with van der Waals surface area (Å²) >= 11 is 3.32. The minimum atomic E-state index is -3.61. The van der Waals surface area contributed by atoms with Crippen LogP contribution in [0.3, 0.4) is 0 Å². The average Bonchev–Trinajstić information content (AvgIpc) is 3.26. The first kappa shape index (κ1) is 17.6. The van der Waals surface area contributed by atoms with Crippen LogP contribution in [0.15, 0.2) is 58.0 Å². The Balaban J connectivity index is 1.61. The average molecular weight is 434 g/mol. The van der Waals surface area contributed by atoms with Crippen molar-refractivity contribution in [1.29, 1.82) is 0 Å². The van der Waals surface area contributed by atoms with Gasteiger partial charge in [0.2, 0.25) is 0 Å². The molecule has 1 atom stereocenters. The van der Waals surface area contributed by atoms with Crippen LogP contribution >= 0.6 is 15.9 Å². The van der Waals surface area contributed by atoms with Crippen LogP contribution in [0.4, 0.5) is 5.69 Å². The summed E-state index contributed by atoms with van der Waals surface area (Å²) in [7, 11) is -3.61. The van der Waals surface area contributed by atoms with Crippen LogP contribution in [0.1, 0.15) is 18.4 Å². The van der Waals surface area contributed by atoms with Crippen LogP contribution in [-0.2, 0) is 16.4 Å². The van der Waals surface area contributed by atoms with Crippen molar-refractivity contribution in [1.82, 2.24) is 10.3 Å². The van der Waals surface area contributed by atoms with E-state index in [4.69, 9.17) is 0 Å². The summed E-state index contributed by atoms with van der Waals surface area (Å²) in [6.07, 6.45) is 5.37. The molecule has 0 amide bonds. The van der Waals surface area contributed by atoms with Crippen molar-refractivity contribution in [3.63, 3.8) is 0 Å². The molecule has 2 aromatic carbocycles. The number of sulfonamides is 1. The topological polar surface area (TPSA) is 74.0 Å². The molecule has 0 bridgehead atoms. The first-order valence-corrected chi connectivity index (χ1v) is 10.9. The molecule has 26 heavy (non-hydrogen) atoms. The van der Waals surface area contributed by atoms with Gasteiger partial charge in [0, 0.05) is 33.3 Å².